The fourth-order valence-corrected chi connectivity index (χ4v) is 2.46. The highest BCUT2D eigenvalue weighted by molar-refractivity contribution is 5.76. The highest BCUT2D eigenvalue weighted by atomic mass is 16.5. The quantitative estimate of drug-likeness (QED) is 0.778. The first-order chi connectivity index (χ1) is 9.63. The zero-order chi connectivity index (χ0) is 14.4. The van der Waals surface area contributed by atoms with Crippen molar-refractivity contribution in [3.8, 4) is 0 Å². The molecule has 2 heterocycles. The molecule has 2 atom stereocenters. The Balaban J connectivity index is 1.82. The maximum absolute atomic E-state index is 12.0. The maximum Gasteiger partial charge on any atom is 0.222 e. The van der Waals surface area contributed by atoms with Crippen LogP contribution in [-0.4, -0.2) is 45.9 Å². The number of carbonyl (C=O) groups excluding carboxylic acids is 1. The predicted molar refractivity (Wildman–Crippen MR) is 74.2 cm³/mol. The third kappa shape index (κ3) is 4.05. The van der Waals surface area contributed by atoms with Gasteiger partial charge in [0.2, 0.25) is 5.91 Å². The zero-order valence-corrected chi connectivity index (χ0v) is 11.9. The van der Waals surface area contributed by atoms with E-state index in [2.05, 4.69) is 17.2 Å². The maximum atomic E-state index is 12.0. The lowest BCUT2D eigenvalue weighted by molar-refractivity contribution is -0.123. The van der Waals surface area contributed by atoms with Crippen LogP contribution in [0.25, 0.3) is 0 Å². The van der Waals surface area contributed by atoms with Gasteiger partial charge in [0, 0.05) is 44.4 Å². The molecule has 112 valence electrons. The van der Waals surface area contributed by atoms with Gasteiger partial charge in [-0.05, 0) is 6.42 Å². The van der Waals surface area contributed by atoms with E-state index in [1.807, 2.05) is 10.8 Å². The standard InChI is InChI=1S/C14H23N3O3/c1-2-3-12(17-6-5-15-11-17)8-13(18)16-9-14(19)4-7-20-10-14/h5-6,11-12,19H,2-4,7-10H2,1H3,(H,16,18). The van der Waals surface area contributed by atoms with Gasteiger partial charge < -0.3 is 19.7 Å². The highest BCUT2D eigenvalue weighted by Gasteiger charge is 2.32. The predicted octanol–water partition coefficient (Wildman–Crippen LogP) is 0.882. The molecule has 1 aliphatic rings. The number of nitrogens with zero attached hydrogens (tertiary/aromatic N) is 2. The fourth-order valence-electron chi connectivity index (χ4n) is 2.46. The lowest BCUT2D eigenvalue weighted by Gasteiger charge is -2.22. The van der Waals surface area contributed by atoms with Gasteiger partial charge in [0.25, 0.3) is 0 Å². The van der Waals surface area contributed by atoms with Gasteiger partial charge in [-0.2, -0.15) is 0 Å². The first kappa shape index (κ1) is 15.0. The van der Waals surface area contributed by atoms with E-state index in [0.717, 1.165) is 12.8 Å². The van der Waals surface area contributed by atoms with Crippen LogP contribution in [0.5, 0.6) is 0 Å². The molecular formula is C14H23N3O3. The number of carbonyl (C=O) groups is 1. The second-order valence-electron chi connectivity index (χ2n) is 5.46. The zero-order valence-electron chi connectivity index (χ0n) is 11.9. The summed E-state index contributed by atoms with van der Waals surface area (Å²) in [6.07, 6.45) is 8.26. The van der Waals surface area contributed by atoms with E-state index in [4.69, 9.17) is 4.74 Å². The highest BCUT2D eigenvalue weighted by Crippen LogP contribution is 2.19. The molecule has 0 saturated carbocycles. The summed E-state index contributed by atoms with van der Waals surface area (Å²) in [7, 11) is 0. The Kier molecular flexibility index (Phi) is 5.14. The third-order valence-electron chi connectivity index (χ3n) is 3.69. The summed E-state index contributed by atoms with van der Waals surface area (Å²) in [6.45, 7) is 3.21. The van der Waals surface area contributed by atoms with Crippen LogP contribution in [0.1, 0.15) is 38.6 Å². The van der Waals surface area contributed by atoms with E-state index in [1.54, 1.807) is 12.5 Å². The van der Waals surface area contributed by atoms with Gasteiger partial charge >= 0.3 is 0 Å². The van der Waals surface area contributed by atoms with Gasteiger partial charge in [-0.15, -0.1) is 0 Å². The van der Waals surface area contributed by atoms with E-state index >= 15 is 0 Å². The lowest BCUT2D eigenvalue weighted by atomic mass is 10.0. The average molecular weight is 281 g/mol. The number of amides is 1. The normalized spacial score (nSPS) is 23.7. The van der Waals surface area contributed by atoms with Crippen molar-refractivity contribution in [1.29, 1.82) is 0 Å². The number of aromatic nitrogens is 2. The third-order valence-corrected chi connectivity index (χ3v) is 3.69. The Hall–Kier alpha value is -1.40. The van der Waals surface area contributed by atoms with Gasteiger partial charge in [0.05, 0.1) is 12.9 Å². The summed E-state index contributed by atoms with van der Waals surface area (Å²) in [5, 5.41) is 12.9. The van der Waals surface area contributed by atoms with Gasteiger partial charge in [-0.25, -0.2) is 4.98 Å². The number of rotatable bonds is 7. The van der Waals surface area contributed by atoms with E-state index in [-0.39, 0.29) is 18.5 Å². The number of ether oxygens (including phenoxy) is 1. The summed E-state index contributed by atoms with van der Waals surface area (Å²) >= 11 is 0. The van der Waals surface area contributed by atoms with Crippen LogP contribution in [0.2, 0.25) is 0 Å². The van der Waals surface area contributed by atoms with Crippen molar-refractivity contribution in [2.75, 3.05) is 19.8 Å². The van der Waals surface area contributed by atoms with E-state index < -0.39 is 5.60 Å². The SMILES string of the molecule is CCCC(CC(=O)NCC1(O)CCOC1)n1ccnc1. The van der Waals surface area contributed by atoms with Gasteiger partial charge in [-0.1, -0.05) is 13.3 Å². The van der Waals surface area contributed by atoms with E-state index in [1.165, 1.54) is 0 Å². The van der Waals surface area contributed by atoms with Crippen LogP contribution in [0.3, 0.4) is 0 Å². The molecule has 2 unspecified atom stereocenters. The molecule has 1 aliphatic heterocycles. The van der Waals surface area contributed by atoms with Crippen LogP contribution in [0, 0.1) is 0 Å². The number of nitrogens with one attached hydrogen (secondary N) is 1. The number of aliphatic hydroxyl groups is 1. The number of imidazole rings is 1. The average Bonchev–Trinajstić information content (AvgIpc) is 3.08. The van der Waals surface area contributed by atoms with Crippen LogP contribution >= 0.6 is 0 Å². The molecule has 1 saturated heterocycles. The smallest absolute Gasteiger partial charge is 0.222 e. The largest absolute Gasteiger partial charge is 0.386 e. The summed E-state index contributed by atoms with van der Waals surface area (Å²) in [4.78, 5) is 16.1. The molecule has 2 N–H and O–H groups in total. The Morgan fingerprint density at radius 2 is 2.50 bits per heavy atom. The molecule has 1 fully saturated rings. The topological polar surface area (TPSA) is 76.4 Å². The minimum absolute atomic E-state index is 0.0440. The van der Waals surface area contributed by atoms with Crippen LogP contribution < -0.4 is 5.32 Å². The first-order valence-corrected chi connectivity index (χ1v) is 7.17. The second kappa shape index (κ2) is 6.85. The Morgan fingerprint density at radius 3 is 3.10 bits per heavy atom. The minimum atomic E-state index is -0.898. The lowest BCUT2D eigenvalue weighted by Crippen LogP contribution is -2.43. The monoisotopic (exact) mass is 281 g/mol. The van der Waals surface area contributed by atoms with Crippen molar-refractivity contribution < 1.29 is 14.6 Å². The summed E-state index contributed by atoms with van der Waals surface area (Å²) in [5.74, 6) is -0.0440. The van der Waals surface area contributed by atoms with Gasteiger partial charge in [0.1, 0.15) is 5.60 Å². The van der Waals surface area contributed by atoms with Crippen molar-refractivity contribution in [1.82, 2.24) is 14.9 Å². The van der Waals surface area contributed by atoms with Gasteiger partial charge in [0.15, 0.2) is 0 Å². The van der Waals surface area contributed by atoms with Crippen molar-refractivity contribution in [3.05, 3.63) is 18.7 Å². The molecule has 0 radical (unpaired) electrons. The van der Waals surface area contributed by atoms with Crippen molar-refractivity contribution in [3.63, 3.8) is 0 Å². The Labute approximate surface area is 119 Å². The summed E-state index contributed by atoms with van der Waals surface area (Å²) in [5.41, 5.74) is -0.898. The Bertz CT molecular complexity index is 413. The molecule has 0 bridgehead atoms. The molecule has 0 aromatic carbocycles. The molecule has 0 spiro atoms. The van der Waals surface area contributed by atoms with Crippen LogP contribution in [-0.2, 0) is 9.53 Å². The van der Waals surface area contributed by atoms with Crippen LogP contribution in [0.4, 0.5) is 0 Å². The van der Waals surface area contributed by atoms with E-state index in [0.29, 0.717) is 26.1 Å². The first-order valence-electron chi connectivity index (χ1n) is 7.17. The Morgan fingerprint density at radius 1 is 1.65 bits per heavy atom. The molecular weight excluding hydrogens is 258 g/mol. The molecule has 1 aromatic rings. The minimum Gasteiger partial charge on any atom is -0.386 e. The molecule has 6 nitrogen and oxygen atoms in total. The molecule has 20 heavy (non-hydrogen) atoms. The number of hydrogen-bond donors (Lipinski definition) is 2. The number of hydrogen-bond acceptors (Lipinski definition) is 4. The molecule has 1 amide bonds. The van der Waals surface area contributed by atoms with E-state index in [9.17, 15) is 9.90 Å². The van der Waals surface area contributed by atoms with Crippen molar-refractivity contribution in [2.24, 2.45) is 0 Å². The van der Waals surface area contributed by atoms with Crippen molar-refractivity contribution in [2.45, 2.75) is 44.2 Å². The molecule has 0 aliphatic carbocycles. The van der Waals surface area contributed by atoms with Crippen LogP contribution in [0.15, 0.2) is 18.7 Å². The second-order valence-corrected chi connectivity index (χ2v) is 5.46. The summed E-state index contributed by atoms with van der Waals surface area (Å²) in [6, 6.07) is 0.122. The van der Waals surface area contributed by atoms with Gasteiger partial charge in [-0.3, -0.25) is 4.79 Å². The molecule has 6 heteroatoms. The summed E-state index contributed by atoms with van der Waals surface area (Å²) < 4.78 is 7.13. The van der Waals surface area contributed by atoms with Crippen molar-refractivity contribution >= 4 is 5.91 Å². The fraction of sp³-hybridized carbons (Fsp3) is 0.714. The molecule has 1 aromatic heterocycles. The molecule has 2 rings (SSSR count).